The molecule has 0 aliphatic heterocycles. The lowest BCUT2D eigenvalue weighted by atomic mass is 10.1. The number of imidazole rings is 1. The number of aromatic hydroxyl groups is 1. The number of aromatic nitrogens is 4. The highest BCUT2D eigenvalue weighted by molar-refractivity contribution is 5.84. The standard InChI is InChI=1S/C35H30N6O2/c36-33-28(7-4-17-38-33)34-40-31-15-14-29(23-5-2-1-3-6-23)39-35(31)41(34)26-11-12-27-24(20-26)10-13-30(27)37-18-16-22-8-9-25(21-42)32(43)19-22/h1-9,11-12,14-15,17,19-21,30,37,43H,10,13,16,18H2,(H2,36,38)/t30-/m0/s1. The molecule has 4 N–H and O–H groups in total. The van der Waals surface area contributed by atoms with E-state index in [2.05, 4.69) is 45.2 Å². The lowest BCUT2D eigenvalue weighted by Gasteiger charge is -2.16. The topological polar surface area (TPSA) is 119 Å². The van der Waals surface area contributed by atoms with E-state index in [-0.39, 0.29) is 11.8 Å². The summed E-state index contributed by atoms with van der Waals surface area (Å²) < 4.78 is 2.09. The summed E-state index contributed by atoms with van der Waals surface area (Å²) in [5.41, 5.74) is 15.4. The Labute approximate surface area is 248 Å². The van der Waals surface area contributed by atoms with Gasteiger partial charge in [0.05, 0.1) is 16.8 Å². The first-order valence-corrected chi connectivity index (χ1v) is 14.4. The molecule has 43 heavy (non-hydrogen) atoms. The summed E-state index contributed by atoms with van der Waals surface area (Å²) in [6, 6.07) is 30.0. The zero-order chi connectivity index (χ0) is 29.3. The number of hydrogen-bond acceptors (Lipinski definition) is 7. The van der Waals surface area contributed by atoms with E-state index in [1.165, 1.54) is 11.1 Å². The molecular formula is C35H30N6O2. The van der Waals surface area contributed by atoms with Crippen molar-refractivity contribution in [3.05, 3.63) is 119 Å². The maximum Gasteiger partial charge on any atom is 0.165 e. The number of fused-ring (bicyclic) bond motifs is 2. The minimum atomic E-state index is 0.0241. The van der Waals surface area contributed by atoms with Crippen LogP contribution in [0.2, 0.25) is 0 Å². The van der Waals surface area contributed by atoms with E-state index in [0.717, 1.165) is 65.0 Å². The van der Waals surface area contributed by atoms with E-state index < -0.39 is 0 Å². The van der Waals surface area contributed by atoms with Gasteiger partial charge in [0.15, 0.2) is 17.8 Å². The quantitative estimate of drug-likeness (QED) is 0.191. The normalized spacial score (nSPS) is 14.2. The minimum Gasteiger partial charge on any atom is -0.507 e. The van der Waals surface area contributed by atoms with E-state index in [0.29, 0.717) is 23.5 Å². The number of anilines is 1. The minimum absolute atomic E-state index is 0.0241. The Bertz CT molecular complexity index is 1970. The molecule has 1 atom stereocenters. The van der Waals surface area contributed by atoms with Crippen molar-refractivity contribution in [3.8, 4) is 34.1 Å². The average molecular weight is 567 g/mol. The summed E-state index contributed by atoms with van der Waals surface area (Å²) in [5, 5.41) is 13.7. The molecule has 0 radical (unpaired) electrons. The van der Waals surface area contributed by atoms with Gasteiger partial charge < -0.3 is 16.2 Å². The molecular weight excluding hydrogens is 536 g/mol. The number of phenols is 1. The molecule has 8 heteroatoms. The summed E-state index contributed by atoms with van der Waals surface area (Å²) in [6.07, 6.45) is 5.06. The number of nitrogens with two attached hydrogens (primary N) is 1. The van der Waals surface area contributed by atoms with Gasteiger partial charge in [0.25, 0.3) is 0 Å². The highest BCUT2D eigenvalue weighted by atomic mass is 16.3. The number of aryl methyl sites for hydroxylation is 1. The number of phenolic OH excluding ortho intramolecular Hbond substituents is 1. The second kappa shape index (κ2) is 11.2. The molecule has 6 aromatic rings. The number of carbonyl (C=O) groups is 1. The summed E-state index contributed by atoms with van der Waals surface area (Å²) in [7, 11) is 0. The van der Waals surface area contributed by atoms with Gasteiger partial charge in [-0.2, -0.15) is 0 Å². The average Bonchev–Trinajstić information content (AvgIpc) is 3.62. The van der Waals surface area contributed by atoms with E-state index in [9.17, 15) is 9.90 Å². The highest BCUT2D eigenvalue weighted by Gasteiger charge is 2.24. The Balaban J connectivity index is 1.22. The predicted molar refractivity (Wildman–Crippen MR) is 168 cm³/mol. The van der Waals surface area contributed by atoms with Gasteiger partial charge in [0.1, 0.15) is 17.1 Å². The Morgan fingerprint density at radius 1 is 0.977 bits per heavy atom. The summed E-state index contributed by atoms with van der Waals surface area (Å²) in [4.78, 5) is 25.4. The van der Waals surface area contributed by atoms with Crippen molar-refractivity contribution < 1.29 is 9.90 Å². The SMILES string of the molecule is Nc1ncccc1-c1nc2ccc(-c3ccccc3)nc2n1-c1ccc2c(c1)CC[C@@H]2NCCc1ccc(C=O)c(O)c1. The Kier molecular flexibility index (Phi) is 6.89. The molecule has 0 bridgehead atoms. The lowest BCUT2D eigenvalue weighted by molar-refractivity contribution is 0.112. The van der Waals surface area contributed by atoms with Gasteiger partial charge in [-0.1, -0.05) is 42.5 Å². The van der Waals surface area contributed by atoms with Gasteiger partial charge in [-0.15, -0.1) is 0 Å². The van der Waals surface area contributed by atoms with Crippen LogP contribution in [0.15, 0.2) is 97.2 Å². The third-order valence-corrected chi connectivity index (χ3v) is 8.14. The van der Waals surface area contributed by atoms with Crippen LogP contribution >= 0.6 is 0 Å². The smallest absolute Gasteiger partial charge is 0.165 e. The molecule has 1 aliphatic rings. The summed E-state index contributed by atoms with van der Waals surface area (Å²) in [5.74, 6) is 1.15. The van der Waals surface area contributed by atoms with Crippen LogP contribution in [-0.2, 0) is 12.8 Å². The third-order valence-electron chi connectivity index (χ3n) is 8.14. The monoisotopic (exact) mass is 566 g/mol. The van der Waals surface area contributed by atoms with Crippen LogP contribution in [-0.4, -0.2) is 37.5 Å². The molecule has 8 nitrogen and oxygen atoms in total. The van der Waals surface area contributed by atoms with Crippen LogP contribution in [0.25, 0.3) is 39.5 Å². The molecule has 0 amide bonds. The molecule has 0 unspecified atom stereocenters. The number of rotatable bonds is 8. The van der Waals surface area contributed by atoms with E-state index in [1.54, 1.807) is 18.3 Å². The van der Waals surface area contributed by atoms with Crippen LogP contribution in [0, 0.1) is 0 Å². The molecule has 0 saturated carbocycles. The van der Waals surface area contributed by atoms with Crippen molar-refractivity contribution in [2.24, 2.45) is 0 Å². The molecule has 212 valence electrons. The number of benzene rings is 3. The van der Waals surface area contributed by atoms with Gasteiger partial charge in [-0.05, 0) is 91.0 Å². The van der Waals surface area contributed by atoms with E-state index >= 15 is 0 Å². The van der Waals surface area contributed by atoms with Crippen LogP contribution in [0.4, 0.5) is 5.82 Å². The fraction of sp³-hybridized carbons (Fsp3) is 0.143. The maximum atomic E-state index is 11.0. The first kappa shape index (κ1) is 26.6. The van der Waals surface area contributed by atoms with Crippen molar-refractivity contribution in [3.63, 3.8) is 0 Å². The number of nitrogens with zero attached hydrogens (tertiary/aromatic N) is 4. The molecule has 0 spiro atoms. The Morgan fingerprint density at radius 2 is 1.86 bits per heavy atom. The van der Waals surface area contributed by atoms with Crippen molar-refractivity contribution in [1.82, 2.24) is 24.8 Å². The maximum absolute atomic E-state index is 11.0. The zero-order valence-electron chi connectivity index (χ0n) is 23.4. The number of hydrogen-bond donors (Lipinski definition) is 3. The van der Waals surface area contributed by atoms with Gasteiger partial charge >= 0.3 is 0 Å². The van der Waals surface area contributed by atoms with Crippen molar-refractivity contribution in [2.75, 3.05) is 12.3 Å². The highest BCUT2D eigenvalue weighted by Crippen LogP contribution is 2.36. The van der Waals surface area contributed by atoms with Gasteiger partial charge in [-0.3, -0.25) is 9.36 Å². The summed E-state index contributed by atoms with van der Waals surface area (Å²) in [6.45, 7) is 0.758. The Hall–Kier alpha value is -5.34. The molecule has 3 aromatic heterocycles. The van der Waals surface area contributed by atoms with E-state index in [1.807, 2.05) is 48.5 Å². The van der Waals surface area contributed by atoms with Gasteiger partial charge in [0, 0.05) is 23.5 Å². The number of nitrogens with one attached hydrogen (secondary N) is 1. The second-order valence-electron chi connectivity index (χ2n) is 10.8. The van der Waals surface area contributed by atoms with Crippen LogP contribution in [0.3, 0.4) is 0 Å². The first-order chi connectivity index (χ1) is 21.1. The van der Waals surface area contributed by atoms with Crippen molar-refractivity contribution in [2.45, 2.75) is 25.3 Å². The van der Waals surface area contributed by atoms with E-state index in [4.69, 9.17) is 15.7 Å². The molecule has 7 rings (SSSR count). The number of carbonyl (C=O) groups excluding carboxylic acids is 1. The van der Waals surface area contributed by atoms with Crippen molar-refractivity contribution >= 4 is 23.3 Å². The number of nitrogen functional groups attached to an aromatic ring is 1. The summed E-state index contributed by atoms with van der Waals surface area (Å²) >= 11 is 0. The van der Waals surface area contributed by atoms with Crippen LogP contribution in [0.5, 0.6) is 5.75 Å². The zero-order valence-corrected chi connectivity index (χ0v) is 23.4. The molecule has 0 saturated heterocycles. The first-order valence-electron chi connectivity index (χ1n) is 14.4. The van der Waals surface area contributed by atoms with Crippen LogP contribution in [0.1, 0.15) is 39.5 Å². The molecule has 0 fully saturated rings. The van der Waals surface area contributed by atoms with Crippen molar-refractivity contribution in [1.29, 1.82) is 0 Å². The molecule has 3 aromatic carbocycles. The largest absolute Gasteiger partial charge is 0.507 e. The fourth-order valence-electron chi connectivity index (χ4n) is 5.95. The van der Waals surface area contributed by atoms with Gasteiger partial charge in [-0.25, -0.2) is 15.0 Å². The third kappa shape index (κ3) is 5.02. The molecule has 1 aliphatic carbocycles. The predicted octanol–water partition coefficient (Wildman–Crippen LogP) is 6.07. The fourth-order valence-corrected chi connectivity index (χ4v) is 5.95. The number of pyridine rings is 2. The number of aldehydes is 1. The molecule has 3 heterocycles. The van der Waals surface area contributed by atoms with Gasteiger partial charge in [0.2, 0.25) is 0 Å². The lowest BCUT2D eigenvalue weighted by Crippen LogP contribution is -2.22. The Morgan fingerprint density at radius 3 is 2.67 bits per heavy atom. The second-order valence-corrected chi connectivity index (χ2v) is 10.8. The van der Waals surface area contributed by atoms with Crippen LogP contribution < -0.4 is 11.1 Å².